The van der Waals surface area contributed by atoms with E-state index in [0.29, 0.717) is 17.4 Å². The zero-order chi connectivity index (χ0) is 13.1. The van der Waals surface area contributed by atoms with Crippen LogP contribution in [0.1, 0.15) is 13.8 Å². The number of hydrogen-bond donors (Lipinski definition) is 1. The molecule has 2 aromatic rings. The molecule has 0 aromatic carbocycles. The molecule has 2 heterocycles. The van der Waals surface area contributed by atoms with E-state index < -0.39 is 0 Å². The van der Waals surface area contributed by atoms with Gasteiger partial charge in [0.15, 0.2) is 0 Å². The number of anilines is 1. The molecule has 0 unspecified atom stereocenters. The Morgan fingerprint density at radius 1 is 1.33 bits per heavy atom. The molecule has 7 nitrogen and oxygen atoms in total. The Kier molecular flexibility index (Phi) is 3.31. The summed E-state index contributed by atoms with van der Waals surface area (Å²) in [6.45, 7) is 3.80. The first-order valence-electron chi connectivity index (χ1n) is 5.51. The van der Waals surface area contributed by atoms with Crippen LogP contribution in [0, 0.1) is 0 Å². The molecule has 0 saturated carbocycles. The molecule has 0 atom stereocenters. The van der Waals surface area contributed by atoms with E-state index in [0.717, 1.165) is 0 Å². The van der Waals surface area contributed by atoms with Crippen molar-refractivity contribution in [2.45, 2.75) is 20.0 Å². The van der Waals surface area contributed by atoms with Crippen LogP contribution in [-0.2, 0) is 7.05 Å². The zero-order valence-corrected chi connectivity index (χ0v) is 10.5. The summed E-state index contributed by atoms with van der Waals surface area (Å²) in [5.41, 5.74) is 6.22. The maximum atomic E-state index is 5.76. The Bertz CT molecular complexity index is 538. The smallest absolute Gasteiger partial charge is 0.342 e. The SMILES string of the molecule is CC(C)Oc1nc(Oc2ncn(C)n2)ccc1N. The van der Waals surface area contributed by atoms with Crippen molar-refractivity contribution in [3.63, 3.8) is 0 Å². The summed E-state index contributed by atoms with van der Waals surface area (Å²) in [5, 5.41) is 3.99. The van der Waals surface area contributed by atoms with Gasteiger partial charge in [0.1, 0.15) is 6.33 Å². The van der Waals surface area contributed by atoms with Crippen LogP contribution in [0.5, 0.6) is 17.8 Å². The number of pyridine rings is 1. The van der Waals surface area contributed by atoms with Crippen LogP contribution in [0.15, 0.2) is 18.5 Å². The number of aryl methyl sites for hydroxylation is 1. The van der Waals surface area contributed by atoms with Gasteiger partial charge >= 0.3 is 6.01 Å². The Morgan fingerprint density at radius 3 is 2.72 bits per heavy atom. The van der Waals surface area contributed by atoms with E-state index in [4.69, 9.17) is 15.2 Å². The van der Waals surface area contributed by atoms with Crippen molar-refractivity contribution in [2.75, 3.05) is 5.73 Å². The molecule has 0 spiro atoms. The van der Waals surface area contributed by atoms with Crippen LogP contribution < -0.4 is 15.2 Å². The van der Waals surface area contributed by atoms with Gasteiger partial charge in [-0.05, 0) is 19.9 Å². The Labute approximate surface area is 105 Å². The highest BCUT2D eigenvalue weighted by molar-refractivity contribution is 5.49. The van der Waals surface area contributed by atoms with E-state index >= 15 is 0 Å². The van der Waals surface area contributed by atoms with Crippen LogP contribution in [0.2, 0.25) is 0 Å². The second-order valence-corrected chi connectivity index (χ2v) is 4.01. The topological polar surface area (TPSA) is 88.1 Å². The van der Waals surface area contributed by atoms with E-state index in [2.05, 4.69) is 15.1 Å². The van der Waals surface area contributed by atoms with Gasteiger partial charge in [-0.25, -0.2) is 0 Å². The minimum absolute atomic E-state index is 0.0111. The van der Waals surface area contributed by atoms with Gasteiger partial charge in [0.25, 0.3) is 0 Å². The molecule has 18 heavy (non-hydrogen) atoms. The summed E-state index contributed by atoms with van der Waals surface area (Å²) in [6, 6.07) is 3.53. The number of nitrogens with two attached hydrogens (primary N) is 1. The largest absolute Gasteiger partial charge is 0.473 e. The lowest BCUT2D eigenvalue weighted by molar-refractivity contribution is 0.231. The summed E-state index contributed by atoms with van der Waals surface area (Å²) >= 11 is 0. The third-order valence-electron chi connectivity index (χ3n) is 1.99. The maximum Gasteiger partial charge on any atom is 0.342 e. The van der Waals surface area contributed by atoms with E-state index in [9.17, 15) is 0 Å². The molecule has 2 rings (SSSR count). The van der Waals surface area contributed by atoms with Crippen molar-refractivity contribution in [3.05, 3.63) is 18.5 Å². The fourth-order valence-electron chi connectivity index (χ4n) is 1.27. The van der Waals surface area contributed by atoms with Crippen molar-refractivity contribution in [3.8, 4) is 17.8 Å². The highest BCUT2D eigenvalue weighted by atomic mass is 16.5. The minimum Gasteiger partial charge on any atom is -0.473 e. The number of aromatic nitrogens is 4. The predicted molar refractivity (Wildman–Crippen MR) is 65.5 cm³/mol. The van der Waals surface area contributed by atoms with Crippen molar-refractivity contribution < 1.29 is 9.47 Å². The molecule has 2 N–H and O–H groups in total. The molecule has 96 valence electrons. The molecule has 0 radical (unpaired) electrons. The van der Waals surface area contributed by atoms with Gasteiger partial charge in [0.2, 0.25) is 11.8 Å². The molecular weight excluding hydrogens is 234 g/mol. The number of ether oxygens (including phenoxy) is 2. The molecule has 2 aromatic heterocycles. The van der Waals surface area contributed by atoms with E-state index in [-0.39, 0.29) is 12.1 Å². The first-order valence-corrected chi connectivity index (χ1v) is 5.51. The first-order chi connectivity index (χ1) is 8.54. The standard InChI is InChI=1S/C11H15N5O2/c1-7(2)17-10-8(12)4-5-9(14-10)18-11-13-6-16(3)15-11/h4-7H,12H2,1-3H3. The third kappa shape index (κ3) is 2.88. The number of nitrogens with zero attached hydrogens (tertiary/aromatic N) is 4. The van der Waals surface area contributed by atoms with Gasteiger partial charge in [-0.3, -0.25) is 4.68 Å². The molecule has 0 aliphatic heterocycles. The van der Waals surface area contributed by atoms with Gasteiger partial charge in [-0.15, -0.1) is 5.10 Å². The van der Waals surface area contributed by atoms with Gasteiger partial charge in [0.05, 0.1) is 11.8 Å². The Balaban J connectivity index is 2.18. The Morgan fingerprint density at radius 2 is 2.11 bits per heavy atom. The predicted octanol–water partition coefficient (Wildman–Crippen LogP) is 1.37. The normalized spacial score (nSPS) is 10.7. The lowest BCUT2D eigenvalue weighted by Gasteiger charge is -2.11. The third-order valence-corrected chi connectivity index (χ3v) is 1.99. The van der Waals surface area contributed by atoms with Crippen LogP contribution in [0.4, 0.5) is 5.69 Å². The Hall–Kier alpha value is -2.31. The van der Waals surface area contributed by atoms with Crippen molar-refractivity contribution in [2.24, 2.45) is 7.05 Å². The molecule has 7 heteroatoms. The zero-order valence-electron chi connectivity index (χ0n) is 10.5. The maximum absolute atomic E-state index is 5.76. The van der Waals surface area contributed by atoms with Gasteiger partial charge in [-0.1, -0.05) is 0 Å². The monoisotopic (exact) mass is 249 g/mol. The lowest BCUT2D eigenvalue weighted by Crippen LogP contribution is -2.09. The highest BCUT2D eigenvalue weighted by Crippen LogP contribution is 2.25. The summed E-state index contributed by atoms with van der Waals surface area (Å²) in [4.78, 5) is 8.10. The van der Waals surface area contributed by atoms with E-state index in [1.165, 1.54) is 11.0 Å². The molecule has 0 bridgehead atoms. The number of nitrogen functional groups attached to an aromatic ring is 1. The summed E-state index contributed by atoms with van der Waals surface area (Å²) in [6.07, 6.45) is 1.53. The van der Waals surface area contributed by atoms with Crippen LogP contribution in [0.25, 0.3) is 0 Å². The fourth-order valence-corrected chi connectivity index (χ4v) is 1.27. The van der Waals surface area contributed by atoms with Gasteiger partial charge in [0, 0.05) is 13.1 Å². The minimum atomic E-state index is -0.0111. The van der Waals surface area contributed by atoms with E-state index in [1.807, 2.05) is 13.8 Å². The van der Waals surface area contributed by atoms with Crippen molar-refractivity contribution in [1.82, 2.24) is 19.7 Å². The number of hydrogen-bond acceptors (Lipinski definition) is 6. The molecular formula is C11H15N5O2. The van der Waals surface area contributed by atoms with Crippen LogP contribution in [0.3, 0.4) is 0 Å². The second-order valence-electron chi connectivity index (χ2n) is 4.01. The lowest BCUT2D eigenvalue weighted by atomic mass is 10.4. The summed E-state index contributed by atoms with van der Waals surface area (Å²) < 4.78 is 12.4. The summed E-state index contributed by atoms with van der Waals surface area (Å²) in [7, 11) is 1.75. The highest BCUT2D eigenvalue weighted by Gasteiger charge is 2.09. The molecule has 0 aliphatic rings. The van der Waals surface area contributed by atoms with Gasteiger partial charge < -0.3 is 15.2 Å². The average molecular weight is 249 g/mol. The molecule has 0 fully saturated rings. The van der Waals surface area contributed by atoms with Crippen molar-refractivity contribution in [1.29, 1.82) is 0 Å². The molecule has 0 saturated heterocycles. The quantitative estimate of drug-likeness (QED) is 0.880. The van der Waals surface area contributed by atoms with Crippen LogP contribution >= 0.6 is 0 Å². The van der Waals surface area contributed by atoms with Crippen molar-refractivity contribution >= 4 is 5.69 Å². The van der Waals surface area contributed by atoms with Crippen LogP contribution in [-0.4, -0.2) is 25.9 Å². The second kappa shape index (κ2) is 4.91. The first kappa shape index (κ1) is 12.2. The molecule has 0 amide bonds. The fraction of sp³-hybridized carbons (Fsp3) is 0.364. The summed E-state index contributed by atoms with van der Waals surface area (Å²) in [5.74, 6) is 0.685. The molecule has 0 aliphatic carbocycles. The number of rotatable bonds is 4. The average Bonchev–Trinajstić information content (AvgIpc) is 2.68. The van der Waals surface area contributed by atoms with Gasteiger partial charge in [-0.2, -0.15) is 9.97 Å². The van der Waals surface area contributed by atoms with E-state index in [1.54, 1.807) is 19.2 Å².